The van der Waals surface area contributed by atoms with Gasteiger partial charge in [0.1, 0.15) is 0 Å². The molecule has 0 aliphatic carbocycles. The fourth-order valence-electron chi connectivity index (χ4n) is 1.43. The van der Waals surface area contributed by atoms with E-state index in [2.05, 4.69) is 9.69 Å². The maximum atomic E-state index is 11.9. The first-order valence-corrected chi connectivity index (χ1v) is 6.04. The normalized spacial score (nSPS) is 10.1. The van der Waals surface area contributed by atoms with Gasteiger partial charge in [-0.15, -0.1) is 0 Å². The monoisotopic (exact) mass is 261 g/mol. The number of primary amides is 1. The van der Waals surface area contributed by atoms with Crippen LogP contribution in [0, 0.1) is 6.92 Å². The highest BCUT2D eigenvalue weighted by atomic mass is 32.1. The molecule has 0 atom stereocenters. The molecule has 0 bridgehead atoms. The van der Waals surface area contributed by atoms with E-state index in [0.717, 1.165) is 0 Å². The van der Waals surface area contributed by atoms with Crippen LogP contribution in [0.25, 0.3) is 0 Å². The van der Waals surface area contributed by atoms with Gasteiger partial charge >= 0.3 is 0 Å². The first-order valence-electron chi connectivity index (χ1n) is 5.20. The van der Waals surface area contributed by atoms with Crippen molar-refractivity contribution in [1.82, 2.24) is 4.37 Å². The van der Waals surface area contributed by atoms with Crippen LogP contribution >= 0.6 is 11.5 Å². The number of nitrogens with one attached hydrogen (secondary N) is 1. The van der Waals surface area contributed by atoms with Crippen LogP contribution in [-0.2, 0) is 0 Å². The molecule has 0 aliphatic heterocycles. The Balaban J connectivity index is 2.13. The van der Waals surface area contributed by atoms with Crippen LogP contribution in [0.1, 0.15) is 26.4 Å². The molecule has 5 nitrogen and oxygen atoms in total. The van der Waals surface area contributed by atoms with Crippen LogP contribution in [0.4, 0.5) is 5.69 Å². The lowest BCUT2D eigenvalue weighted by Gasteiger charge is -2.04. The lowest BCUT2D eigenvalue weighted by molar-refractivity contribution is 0.0998. The second-order valence-electron chi connectivity index (χ2n) is 3.71. The number of aromatic nitrogens is 1. The van der Waals surface area contributed by atoms with E-state index >= 15 is 0 Å². The molecule has 0 saturated heterocycles. The Morgan fingerprint density at radius 3 is 2.44 bits per heavy atom. The Hall–Kier alpha value is -2.21. The molecule has 2 amide bonds. The fourth-order valence-corrected chi connectivity index (χ4v) is 2.12. The molecule has 0 spiro atoms. The Kier molecular flexibility index (Phi) is 3.38. The van der Waals surface area contributed by atoms with E-state index in [4.69, 9.17) is 5.73 Å². The van der Waals surface area contributed by atoms with Gasteiger partial charge in [-0.3, -0.25) is 9.59 Å². The van der Waals surface area contributed by atoms with E-state index in [1.807, 2.05) is 0 Å². The quantitative estimate of drug-likeness (QED) is 0.883. The van der Waals surface area contributed by atoms with Crippen molar-refractivity contribution >= 4 is 29.0 Å². The molecular weight excluding hydrogens is 250 g/mol. The largest absolute Gasteiger partial charge is 0.366 e. The van der Waals surface area contributed by atoms with E-state index < -0.39 is 5.91 Å². The highest BCUT2D eigenvalue weighted by Crippen LogP contribution is 2.14. The molecule has 1 heterocycles. The lowest BCUT2D eigenvalue weighted by atomic mass is 10.2. The van der Waals surface area contributed by atoms with Crippen LogP contribution < -0.4 is 11.1 Å². The van der Waals surface area contributed by atoms with Crippen molar-refractivity contribution in [2.45, 2.75) is 6.92 Å². The standard InChI is InChI=1S/C12H11N3O2S/c1-7-10(6-18-15-7)12(17)14-9-4-2-8(3-5-9)11(13)16/h2-6H,1H3,(H2,13,16)(H,14,17). The minimum Gasteiger partial charge on any atom is -0.366 e. The number of carbonyl (C=O) groups excluding carboxylic acids is 2. The van der Waals surface area contributed by atoms with Gasteiger partial charge in [0.2, 0.25) is 5.91 Å². The van der Waals surface area contributed by atoms with Crippen molar-refractivity contribution in [3.63, 3.8) is 0 Å². The highest BCUT2D eigenvalue weighted by Gasteiger charge is 2.11. The zero-order chi connectivity index (χ0) is 13.1. The summed E-state index contributed by atoms with van der Waals surface area (Å²) >= 11 is 1.24. The van der Waals surface area contributed by atoms with E-state index in [1.54, 1.807) is 36.6 Å². The summed E-state index contributed by atoms with van der Waals surface area (Å²) in [6, 6.07) is 6.40. The van der Waals surface area contributed by atoms with Gasteiger partial charge in [0, 0.05) is 16.6 Å². The second-order valence-corrected chi connectivity index (χ2v) is 4.34. The van der Waals surface area contributed by atoms with Crippen molar-refractivity contribution in [2.24, 2.45) is 5.73 Å². The molecular formula is C12H11N3O2S. The Labute approximate surface area is 108 Å². The van der Waals surface area contributed by atoms with Crippen molar-refractivity contribution in [3.8, 4) is 0 Å². The summed E-state index contributed by atoms with van der Waals surface area (Å²) in [5.74, 6) is -0.709. The molecule has 0 aliphatic rings. The molecule has 18 heavy (non-hydrogen) atoms. The van der Waals surface area contributed by atoms with Gasteiger partial charge in [0.05, 0.1) is 11.3 Å². The van der Waals surface area contributed by atoms with Crippen LogP contribution in [0.3, 0.4) is 0 Å². The predicted octanol–water partition coefficient (Wildman–Crippen LogP) is 1.80. The number of aryl methyl sites for hydroxylation is 1. The number of benzene rings is 1. The summed E-state index contributed by atoms with van der Waals surface area (Å²) in [7, 11) is 0. The topological polar surface area (TPSA) is 85.1 Å². The third-order valence-corrected chi connectivity index (χ3v) is 3.14. The number of rotatable bonds is 3. The zero-order valence-corrected chi connectivity index (χ0v) is 10.5. The minimum atomic E-state index is -0.495. The number of anilines is 1. The van der Waals surface area contributed by atoms with Gasteiger partial charge in [-0.2, -0.15) is 4.37 Å². The predicted molar refractivity (Wildman–Crippen MR) is 69.8 cm³/mol. The molecule has 2 aromatic rings. The summed E-state index contributed by atoms with van der Waals surface area (Å²) in [5.41, 5.74) is 7.39. The Morgan fingerprint density at radius 1 is 1.28 bits per heavy atom. The average Bonchev–Trinajstić information content (AvgIpc) is 2.76. The first-order chi connectivity index (χ1) is 8.58. The average molecular weight is 261 g/mol. The molecule has 0 radical (unpaired) electrons. The van der Waals surface area contributed by atoms with E-state index in [-0.39, 0.29) is 5.91 Å². The van der Waals surface area contributed by atoms with Gasteiger partial charge in [-0.05, 0) is 42.7 Å². The highest BCUT2D eigenvalue weighted by molar-refractivity contribution is 7.04. The summed E-state index contributed by atoms with van der Waals surface area (Å²) in [5, 5.41) is 4.42. The molecule has 1 aromatic heterocycles. The Morgan fingerprint density at radius 2 is 1.94 bits per heavy atom. The smallest absolute Gasteiger partial charge is 0.258 e. The van der Waals surface area contributed by atoms with Gasteiger partial charge in [-0.1, -0.05) is 0 Å². The molecule has 0 fully saturated rings. The van der Waals surface area contributed by atoms with Crippen LogP contribution in [-0.4, -0.2) is 16.2 Å². The van der Waals surface area contributed by atoms with Gasteiger partial charge < -0.3 is 11.1 Å². The molecule has 0 saturated carbocycles. The van der Waals surface area contributed by atoms with Crippen molar-refractivity contribution in [1.29, 1.82) is 0 Å². The molecule has 3 N–H and O–H groups in total. The first kappa shape index (κ1) is 12.3. The minimum absolute atomic E-state index is 0.215. The third-order valence-electron chi connectivity index (χ3n) is 2.42. The summed E-state index contributed by atoms with van der Waals surface area (Å²) < 4.78 is 4.04. The summed E-state index contributed by atoms with van der Waals surface area (Å²) in [4.78, 5) is 22.8. The fraction of sp³-hybridized carbons (Fsp3) is 0.0833. The van der Waals surface area contributed by atoms with Gasteiger partial charge in [-0.25, -0.2) is 0 Å². The van der Waals surface area contributed by atoms with Crippen LogP contribution in [0.15, 0.2) is 29.6 Å². The molecule has 1 aromatic carbocycles. The second kappa shape index (κ2) is 4.97. The zero-order valence-electron chi connectivity index (χ0n) is 9.64. The van der Waals surface area contributed by atoms with E-state index in [1.165, 1.54) is 11.5 Å². The summed E-state index contributed by atoms with van der Waals surface area (Å²) in [6.45, 7) is 1.78. The van der Waals surface area contributed by atoms with Crippen LogP contribution in [0.5, 0.6) is 0 Å². The maximum Gasteiger partial charge on any atom is 0.258 e. The lowest BCUT2D eigenvalue weighted by Crippen LogP contribution is -2.13. The number of amides is 2. The number of hydrogen-bond acceptors (Lipinski definition) is 4. The number of nitrogens with two attached hydrogens (primary N) is 1. The Bertz CT molecular complexity index is 590. The molecule has 6 heteroatoms. The van der Waals surface area contributed by atoms with Crippen molar-refractivity contribution < 1.29 is 9.59 Å². The number of carbonyl (C=O) groups is 2. The van der Waals surface area contributed by atoms with Crippen molar-refractivity contribution in [2.75, 3.05) is 5.32 Å². The third kappa shape index (κ3) is 2.54. The van der Waals surface area contributed by atoms with Crippen molar-refractivity contribution in [3.05, 3.63) is 46.5 Å². The maximum absolute atomic E-state index is 11.9. The van der Waals surface area contributed by atoms with Crippen LogP contribution in [0.2, 0.25) is 0 Å². The molecule has 92 valence electrons. The number of hydrogen-bond donors (Lipinski definition) is 2. The summed E-state index contributed by atoms with van der Waals surface area (Å²) in [6.07, 6.45) is 0. The van der Waals surface area contributed by atoms with E-state index in [9.17, 15) is 9.59 Å². The number of nitrogens with zero attached hydrogens (tertiary/aromatic N) is 1. The van der Waals surface area contributed by atoms with E-state index in [0.29, 0.717) is 22.5 Å². The van der Waals surface area contributed by atoms with Gasteiger partial charge in [0.15, 0.2) is 0 Å². The molecule has 0 unspecified atom stereocenters. The SMILES string of the molecule is Cc1nscc1C(=O)Nc1ccc(C(N)=O)cc1. The molecule has 2 rings (SSSR count). The van der Waals surface area contributed by atoms with Gasteiger partial charge in [0.25, 0.3) is 5.91 Å².